The van der Waals surface area contributed by atoms with Crippen LogP contribution in [0.2, 0.25) is 0 Å². The Morgan fingerprint density at radius 3 is 0.791 bits per heavy atom. The van der Waals surface area contributed by atoms with Crippen LogP contribution in [0.3, 0.4) is 0 Å². The molecule has 4 aliphatic heterocycles. The van der Waals surface area contributed by atoms with E-state index in [1.165, 1.54) is 0 Å². The third-order valence-corrected chi connectivity index (χ3v) is 20.4. The number of hydrogen-bond acceptors (Lipinski definition) is 52. The van der Waals surface area contributed by atoms with Crippen molar-refractivity contribution >= 4 is 59.7 Å². The van der Waals surface area contributed by atoms with Crippen LogP contribution in [0.4, 0.5) is 0 Å². The highest BCUT2D eigenvalue weighted by atomic mass is 16.8. The number of fused-ring (bicyclic) bond motifs is 8. The van der Waals surface area contributed by atoms with Crippen molar-refractivity contribution in [2.24, 2.45) is 0 Å². The van der Waals surface area contributed by atoms with E-state index in [0.717, 1.165) is 0 Å². The molecule has 10 atom stereocenters. The first-order valence-electron chi connectivity index (χ1n) is 37.0. The van der Waals surface area contributed by atoms with Crippen LogP contribution in [0.5, 0.6) is 178 Å². The van der Waals surface area contributed by atoms with Gasteiger partial charge in [-0.2, -0.15) is 0 Å². The molecular formula is C82H58O52. The highest BCUT2D eigenvalue weighted by Gasteiger charge is 2.58. The molecule has 14 rings (SSSR count). The number of aromatic hydroxyl groups is 29. The molecule has 0 bridgehead atoms. The summed E-state index contributed by atoms with van der Waals surface area (Å²) in [4.78, 5) is 148. The molecule has 0 unspecified atom stereocenters. The molecule has 2 fully saturated rings. The molecule has 0 radical (unpaired) electrons. The lowest BCUT2D eigenvalue weighted by atomic mass is 9.92. The van der Waals surface area contributed by atoms with Crippen molar-refractivity contribution in [1.82, 2.24) is 0 Å². The monoisotopic (exact) mass is 1870 g/mol. The highest BCUT2D eigenvalue weighted by molar-refractivity contribution is 6.11. The number of ether oxygens (including phenoxy) is 13. The largest absolute Gasteiger partial charge is 0.504 e. The maximum atomic E-state index is 15.4. The van der Waals surface area contributed by atoms with Crippen molar-refractivity contribution in [1.29, 1.82) is 0 Å². The molecule has 134 heavy (non-hydrogen) atoms. The first-order chi connectivity index (χ1) is 63.0. The molecule has 10 aromatic carbocycles. The fourth-order valence-corrected chi connectivity index (χ4v) is 13.9. The minimum atomic E-state index is -3.10. The summed E-state index contributed by atoms with van der Waals surface area (Å²) in [5.74, 6) is -65.2. The standard InChI is InChI=1S/C82H58O52/c83-28-1-18(2-29(84)49(28)97)71(112)129-67-65-43(16-122-76(117)23-11-37(92)54(102)59(107)45(23)47-25(78(119)127-65)13-39(94)56(104)61(47)109)125-81(69(67)131-73(114)20-5-32(87)51(99)33(88)6-20)133-75(116)22-9-36(91)53(101)42(10-22)124-64-27(15-41(96)58(106)63(64)111)80(121)134-82-70(132-74(115)21-7-34(89)52(100)35(90)8-21)68(130-72(113)19-3-30(85)50(98)31(86)4-19)66-44(126-82)17-123-77(118)24-12-38(93)55(103)60(108)46(24)48-26(79(120)128-66)14-40(95)57(105)62(48)110/h1-15,43-44,65-70,81-111H,16-17H2/t43-,44-,65-,66-,67+,68+,69-,70-,81+,82-/m1/s1. The van der Waals surface area contributed by atoms with Crippen LogP contribution in [-0.2, 0) is 56.8 Å². The summed E-state index contributed by atoms with van der Waals surface area (Å²) in [6.07, 6.45) is -28.6. The third kappa shape index (κ3) is 16.2. The quantitative estimate of drug-likeness (QED) is 0.0419. The number of phenolic OH excluding ortho intramolecular Hbond substituents is 29. The second-order valence-corrected chi connectivity index (χ2v) is 28.7. The van der Waals surface area contributed by atoms with Gasteiger partial charge >= 0.3 is 59.7 Å². The van der Waals surface area contributed by atoms with Crippen LogP contribution >= 0.6 is 0 Å². The Morgan fingerprint density at radius 2 is 0.485 bits per heavy atom. The van der Waals surface area contributed by atoms with Gasteiger partial charge in [-0.05, 0) is 84.9 Å². The number of rotatable bonds is 14. The van der Waals surface area contributed by atoms with E-state index in [1.54, 1.807) is 0 Å². The number of phenols is 29. The van der Waals surface area contributed by atoms with Crippen molar-refractivity contribution in [2.75, 3.05) is 13.2 Å². The van der Waals surface area contributed by atoms with Gasteiger partial charge < -0.3 is 210 Å². The Balaban J connectivity index is 0.880. The Hall–Kier alpha value is -19.2. The van der Waals surface area contributed by atoms with Crippen molar-refractivity contribution in [3.8, 4) is 200 Å². The maximum Gasteiger partial charge on any atom is 0.344 e. The van der Waals surface area contributed by atoms with Crippen molar-refractivity contribution in [3.63, 3.8) is 0 Å². The second kappa shape index (κ2) is 34.2. The summed E-state index contributed by atoms with van der Waals surface area (Å²) in [6.45, 7) is -3.14. The zero-order valence-electron chi connectivity index (χ0n) is 65.7. The van der Waals surface area contributed by atoms with Gasteiger partial charge in [-0.1, -0.05) is 0 Å². The lowest BCUT2D eigenvalue weighted by Gasteiger charge is -2.43. The van der Waals surface area contributed by atoms with E-state index in [2.05, 4.69) is 0 Å². The van der Waals surface area contributed by atoms with Gasteiger partial charge in [0.1, 0.15) is 31.0 Å². The summed E-state index contributed by atoms with van der Waals surface area (Å²) in [7, 11) is 0. The van der Waals surface area contributed by atoms with Gasteiger partial charge in [0, 0.05) is 28.3 Å². The molecule has 2 saturated heterocycles. The molecule has 29 N–H and O–H groups in total. The lowest BCUT2D eigenvalue weighted by molar-refractivity contribution is -0.282. The first kappa shape index (κ1) is 91.0. The van der Waals surface area contributed by atoms with Crippen LogP contribution in [0.15, 0.2) is 91.0 Å². The van der Waals surface area contributed by atoms with E-state index in [1.807, 2.05) is 0 Å². The van der Waals surface area contributed by atoms with E-state index >= 15 is 14.4 Å². The average molecular weight is 1880 g/mol. The average Bonchev–Trinajstić information content (AvgIpc) is 0.992. The summed E-state index contributed by atoms with van der Waals surface area (Å²) in [5.41, 5.74) is -17.0. The summed E-state index contributed by atoms with van der Waals surface area (Å²) < 4.78 is 74.3. The predicted octanol–water partition coefficient (Wildman–Crippen LogP) is 3.73. The van der Waals surface area contributed by atoms with E-state index in [-0.39, 0.29) is 30.3 Å². The molecule has 10 aromatic rings. The Labute approximate surface area is 736 Å². The van der Waals surface area contributed by atoms with Gasteiger partial charge in [0.05, 0.1) is 50.1 Å². The SMILES string of the molecule is O=C(O[C@@H]1O[C@@H]2COC(=O)c3cc(O)c(O)c(O)c3-c3c(cc(O)c(O)c3O)C(=O)O[C@H]2[C@H](OC(=O)c2cc(O)c(O)c(O)c2)[C@H]1OC(=O)c1cc(O)c(O)c(O)c1)c1cc(O)c(O)c(Oc2c(C(=O)O[C@H]3O[C@@H]4COC(=O)c5cc(O)c(O)c(O)c5-c5c(cc(O)c(O)c5O)C(=O)O[C@H]4[C@H](OC(=O)c4cc(O)c(O)c(O)c4)[C@H]3OC(=O)c3cc(O)c(O)c(O)c3)cc(O)c(O)c2O)c1. The fourth-order valence-electron chi connectivity index (χ4n) is 13.9. The number of carbonyl (C=O) groups is 10. The molecule has 4 heterocycles. The Bertz CT molecular complexity index is 6660. The molecule has 0 aromatic heterocycles. The van der Waals surface area contributed by atoms with Gasteiger partial charge in [0.2, 0.25) is 65.0 Å². The zero-order valence-corrected chi connectivity index (χ0v) is 65.7. The molecule has 698 valence electrons. The zero-order chi connectivity index (χ0) is 97.7. The number of cyclic esters (lactones) is 2. The molecule has 0 saturated carbocycles. The van der Waals surface area contributed by atoms with E-state index in [9.17, 15) is 182 Å². The van der Waals surface area contributed by atoms with E-state index in [0.29, 0.717) is 60.7 Å². The van der Waals surface area contributed by atoms with Crippen LogP contribution < -0.4 is 4.74 Å². The minimum Gasteiger partial charge on any atom is -0.504 e. The second-order valence-electron chi connectivity index (χ2n) is 28.7. The molecule has 4 aliphatic rings. The fraction of sp³-hybridized carbons (Fsp3) is 0.146. The van der Waals surface area contributed by atoms with Gasteiger partial charge in [-0.15, -0.1) is 0 Å². The number of carbonyl (C=O) groups excluding carboxylic acids is 10. The molecule has 0 spiro atoms. The normalized spacial score (nSPS) is 19.1. The summed E-state index contributed by atoms with van der Waals surface area (Å²) >= 11 is 0. The first-order valence-corrected chi connectivity index (χ1v) is 37.0. The molecule has 52 nitrogen and oxygen atoms in total. The van der Waals surface area contributed by atoms with Crippen molar-refractivity contribution in [3.05, 3.63) is 147 Å². The Kier molecular flexibility index (Phi) is 23.2. The van der Waals surface area contributed by atoms with Gasteiger partial charge in [-0.3, -0.25) is 0 Å². The molecule has 52 heteroatoms. The maximum absolute atomic E-state index is 15.4. The lowest BCUT2D eigenvalue weighted by Crippen LogP contribution is -2.63. The smallest absolute Gasteiger partial charge is 0.344 e. The van der Waals surface area contributed by atoms with Crippen LogP contribution in [0.25, 0.3) is 22.3 Å². The van der Waals surface area contributed by atoms with Crippen LogP contribution in [-0.4, -0.2) is 282 Å². The van der Waals surface area contributed by atoms with Gasteiger partial charge in [0.25, 0.3) is 0 Å². The van der Waals surface area contributed by atoms with Crippen molar-refractivity contribution in [2.45, 2.75) is 61.4 Å². The molecule has 0 amide bonds. The Morgan fingerprint density at radius 1 is 0.246 bits per heavy atom. The number of esters is 10. The third-order valence-electron chi connectivity index (χ3n) is 20.4. The summed E-state index contributed by atoms with van der Waals surface area (Å²) in [5, 5.41) is 314. The van der Waals surface area contributed by atoms with E-state index < -0.39 is 390 Å². The predicted molar refractivity (Wildman–Crippen MR) is 415 cm³/mol. The molecule has 0 aliphatic carbocycles. The number of hydrogen-bond donors (Lipinski definition) is 29. The van der Waals surface area contributed by atoms with E-state index in [4.69, 9.17) is 61.6 Å². The van der Waals surface area contributed by atoms with Crippen molar-refractivity contribution < 1.29 is 258 Å². The summed E-state index contributed by atoms with van der Waals surface area (Å²) in [6, 6.07) is 4.83. The topological polar surface area (TPSA) is 877 Å². The number of benzene rings is 10. The van der Waals surface area contributed by atoms with Crippen LogP contribution in [0, 0.1) is 0 Å². The minimum absolute atomic E-state index is 0.102. The van der Waals surface area contributed by atoms with Gasteiger partial charge in [0.15, 0.2) is 162 Å². The highest BCUT2D eigenvalue weighted by Crippen LogP contribution is 2.58. The van der Waals surface area contributed by atoms with Crippen LogP contribution in [0.1, 0.15) is 104 Å². The van der Waals surface area contributed by atoms with Gasteiger partial charge in [-0.25, -0.2) is 47.9 Å². The molecular weight excluding hydrogens is 1820 g/mol.